The summed E-state index contributed by atoms with van der Waals surface area (Å²) in [6, 6.07) is 16.4. The zero-order valence-electron chi connectivity index (χ0n) is 16.3. The number of aromatic nitrogens is 1. The summed E-state index contributed by atoms with van der Waals surface area (Å²) in [7, 11) is 1.75. The monoisotopic (exact) mass is 387 g/mol. The number of carbonyl (C=O) groups is 1. The van der Waals surface area contributed by atoms with Crippen LogP contribution in [0.5, 0.6) is 0 Å². The van der Waals surface area contributed by atoms with Gasteiger partial charge in [0.1, 0.15) is 7.05 Å². The van der Waals surface area contributed by atoms with Gasteiger partial charge in [0.25, 0.3) is 11.4 Å². The molecule has 6 nitrogen and oxygen atoms in total. The van der Waals surface area contributed by atoms with Crippen molar-refractivity contribution >= 4 is 33.3 Å². The van der Waals surface area contributed by atoms with Crippen LogP contribution in [0.25, 0.3) is 32.8 Å². The lowest BCUT2D eigenvalue weighted by Crippen LogP contribution is -2.37. The van der Waals surface area contributed by atoms with Crippen LogP contribution in [0.15, 0.2) is 54.6 Å². The van der Waals surface area contributed by atoms with E-state index in [0.29, 0.717) is 5.39 Å². The van der Waals surface area contributed by atoms with E-state index in [9.17, 15) is 20.0 Å². The number of non-ortho nitro benzene ring substituents is 1. The van der Waals surface area contributed by atoms with E-state index in [1.807, 2.05) is 56.3 Å². The topological polar surface area (TPSA) is 84.3 Å². The van der Waals surface area contributed by atoms with Crippen molar-refractivity contribution in [1.82, 2.24) is 0 Å². The zero-order valence-corrected chi connectivity index (χ0v) is 16.3. The number of fused-ring (bicyclic) bond motifs is 3. The maximum absolute atomic E-state index is 12.0. The van der Waals surface area contributed by atoms with E-state index in [-0.39, 0.29) is 16.3 Å². The van der Waals surface area contributed by atoms with Crippen molar-refractivity contribution < 1.29 is 19.4 Å². The van der Waals surface area contributed by atoms with Gasteiger partial charge in [-0.3, -0.25) is 10.1 Å². The van der Waals surface area contributed by atoms with E-state index in [1.54, 1.807) is 23.7 Å². The van der Waals surface area contributed by atoms with E-state index >= 15 is 0 Å². The predicted octanol–water partition coefficient (Wildman–Crippen LogP) is 4.71. The third kappa shape index (κ3) is 2.81. The number of hydrogen-bond donors (Lipinski definition) is 1. The molecule has 0 amide bonds. The van der Waals surface area contributed by atoms with Crippen molar-refractivity contribution in [2.45, 2.75) is 13.8 Å². The molecule has 4 aromatic rings. The lowest BCUT2D eigenvalue weighted by atomic mass is 9.90. The second-order valence-electron chi connectivity index (χ2n) is 7.17. The third-order valence-electron chi connectivity index (χ3n) is 5.39. The molecule has 4 rings (SSSR count). The molecule has 0 aliphatic rings. The van der Waals surface area contributed by atoms with Crippen molar-refractivity contribution in [1.29, 1.82) is 0 Å². The number of benzene rings is 3. The highest BCUT2D eigenvalue weighted by molar-refractivity contribution is 6.16. The fraction of sp³-hybridized carbons (Fsp3) is 0.130. The van der Waals surface area contributed by atoms with Crippen molar-refractivity contribution in [2.75, 3.05) is 0 Å². The van der Waals surface area contributed by atoms with Crippen LogP contribution in [-0.4, -0.2) is 16.0 Å². The van der Waals surface area contributed by atoms with E-state index < -0.39 is 5.97 Å². The lowest BCUT2D eigenvalue weighted by Gasteiger charge is -2.14. The van der Waals surface area contributed by atoms with Crippen LogP contribution in [0, 0.1) is 24.0 Å². The number of pyridine rings is 1. The van der Waals surface area contributed by atoms with Crippen LogP contribution in [0.2, 0.25) is 0 Å². The molecule has 0 unspecified atom stereocenters. The summed E-state index contributed by atoms with van der Waals surface area (Å²) < 4.78 is 1.69. The van der Waals surface area contributed by atoms with Crippen LogP contribution in [0.4, 0.5) is 5.69 Å². The van der Waals surface area contributed by atoms with Gasteiger partial charge in [0.15, 0.2) is 0 Å². The second-order valence-corrected chi connectivity index (χ2v) is 7.17. The predicted molar refractivity (Wildman–Crippen MR) is 111 cm³/mol. The molecule has 144 valence electrons. The van der Waals surface area contributed by atoms with Crippen LogP contribution in [-0.2, 0) is 7.05 Å². The van der Waals surface area contributed by atoms with Gasteiger partial charge in [-0.1, -0.05) is 30.3 Å². The SMILES string of the molecule is Cc1cc([N+](=O)[O-])cc(C)c1-c1cccc2c1c1ccccc1c(C(=O)O)[n+]2C. The van der Waals surface area contributed by atoms with E-state index in [2.05, 4.69) is 0 Å². The highest BCUT2D eigenvalue weighted by Crippen LogP contribution is 2.38. The Morgan fingerprint density at radius 1 is 1.00 bits per heavy atom. The van der Waals surface area contributed by atoms with E-state index in [0.717, 1.165) is 38.5 Å². The Labute approximate surface area is 166 Å². The fourth-order valence-electron chi connectivity index (χ4n) is 4.25. The average molecular weight is 387 g/mol. The minimum atomic E-state index is -0.987. The molecule has 0 fully saturated rings. The van der Waals surface area contributed by atoms with Crippen molar-refractivity contribution in [3.8, 4) is 11.1 Å². The summed E-state index contributed by atoms with van der Waals surface area (Å²) in [5.74, 6) is -0.987. The number of nitro groups is 1. The number of aryl methyl sites for hydroxylation is 3. The number of carboxylic acid groups (broad SMARTS) is 1. The molecule has 0 saturated heterocycles. The molecule has 1 heterocycles. The number of aromatic carboxylic acids is 1. The van der Waals surface area contributed by atoms with Crippen molar-refractivity contribution in [2.24, 2.45) is 7.05 Å². The number of nitrogens with zero attached hydrogens (tertiary/aromatic N) is 2. The molecular weight excluding hydrogens is 368 g/mol. The smallest absolute Gasteiger partial charge is 0.401 e. The first kappa shape index (κ1) is 18.6. The van der Waals surface area contributed by atoms with Gasteiger partial charge < -0.3 is 5.11 Å². The van der Waals surface area contributed by atoms with E-state index in [1.165, 1.54) is 0 Å². The Kier molecular flexibility index (Phi) is 4.27. The average Bonchev–Trinajstić information content (AvgIpc) is 2.67. The van der Waals surface area contributed by atoms with Crippen LogP contribution >= 0.6 is 0 Å². The Balaban J connectivity index is 2.20. The summed E-state index contributed by atoms with van der Waals surface area (Å²) in [5, 5.41) is 23.4. The largest absolute Gasteiger partial charge is 0.473 e. The molecule has 0 aliphatic heterocycles. The highest BCUT2D eigenvalue weighted by atomic mass is 16.6. The van der Waals surface area contributed by atoms with Gasteiger partial charge in [0, 0.05) is 23.6 Å². The quantitative estimate of drug-likeness (QED) is 0.239. The standard InChI is InChI=1S/C23H18N2O4/c1-13-11-15(25(28)29)12-14(2)20(13)18-9-6-10-19-21(18)16-7-4-5-8-17(16)22(23(26)27)24(19)3/h4-12H,1-3H3/p+1. The first-order valence-corrected chi connectivity index (χ1v) is 9.14. The number of rotatable bonds is 3. The fourth-order valence-corrected chi connectivity index (χ4v) is 4.25. The Hall–Kier alpha value is -3.80. The molecule has 6 heteroatoms. The number of hydrogen-bond acceptors (Lipinski definition) is 3. The normalized spacial score (nSPS) is 11.1. The van der Waals surface area contributed by atoms with Gasteiger partial charge in [0.2, 0.25) is 5.52 Å². The molecule has 3 aromatic carbocycles. The van der Waals surface area contributed by atoms with E-state index in [4.69, 9.17) is 0 Å². The summed E-state index contributed by atoms with van der Waals surface area (Å²) in [4.78, 5) is 22.8. The Bertz CT molecular complexity index is 1320. The molecule has 0 saturated carbocycles. The first-order valence-electron chi connectivity index (χ1n) is 9.14. The van der Waals surface area contributed by atoms with Gasteiger partial charge >= 0.3 is 5.97 Å². The summed E-state index contributed by atoms with van der Waals surface area (Å²) in [5.41, 5.74) is 4.53. The first-order chi connectivity index (χ1) is 13.8. The van der Waals surface area contributed by atoms with Crippen LogP contribution < -0.4 is 4.57 Å². The minimum absolute atomic E-state index is 0.0626. The minimum Gasteiger partial charge on any atom is -0.473 e. The highest BCUT2D eigenvalue weighted by Gasteiger charge is 2.26. The van der Waals surface area contributed by atoms with Crippen LogP contribution in [0.3, 0.4) is 0 Å². The maximum Gasteiger partial charge on any atom is 0.401 e. The van der Waals surface area contributed by atoms with Gasteiger partial charge in [0.05, 0.1) is 15.7 Å². The molecule has 1 aromatic heterocycles. The zero-order chi connectivity index (χ0) is 20.9. The lowest BCUT2D eigenvalue weighted by molar-refractivity contribution is -0.646. The molecular formula is C23H19N2O4+. The summed E-state index contributed by atoms with van der Waals surface area (Å²) in [6.07, 6.45) is 0. The maximum atomic E-state index is 12.0. The summed E-state index contributed by atoms with van der Waals surface area (Å²) in [6.45, 7) is 3.73. The molecule has 0 atom stereocenters. The third-order valence-corrected chi connectivity index (χ3v) is 5.39. The van der Waals surface area contributed by atoms with Gasteiger partial charge in [-0.2, -0.15) is 4.57 Å². The Morgan fingerprint density at radius 2 is 1.62 bits per heavy atom. The van der Waals surface area contributed by atoms with Crippen molar-refractivity contribution in [3.63, 3.8) is 0 Å². The number of nitro benzene ring substituents is 1. The molecule has 29 heavy (non-hydrogen) atoms. The second kappa shape index (κ2) is 6.67. The van der Waals surface area contributed by atoms with Crippen LogP contribution in [0.1, 0.15) is 21.6 Å². The molecule has 0 radical (unpaired) electrons. The van der Waals surface area contributed by atoms with Crippen molar-refractivity contribution in [3.05, 3.63) is 81.5 Å². The van der Waals surface area contributed by atoms with Gasteiger partial charge in [-0.05, 0) is 42.2 Å². The Morgan fingerprint density at radius 3 is 2.21 bits per heavy atom. The van der Waals surface area contributed by atoms with Gasteiger partial charge in [-0.25, -0.2) is 4.79 Å². The molecule has 1 N–H and O–H groups in total. The summed E-state index contributed by atoms with van der Waals surface area (Å²) >= 11 is 0. The molecule has 0 aliphatic carbocycles. The molecule has 0 bridgehead atoms. The van der Waals surface area contributed by atoms with Gasteiger partial charge in [-0.15, -0.1) is 0 Å². The molecule has 0 spiro atoms. The number of carboxylic acids is 1.